The summed E-state index contributed by atoms with van der Waals surface area (Å²) in [5.74, 6) is 1.15. The van der Waals surface area contributed by atoms with E-state index in [-0.39, 0.29) is 0 Å². The number of para-hydroxylation sites is 1. The van der Waals surface area contributed by atoms with Gasteiger partial charge in [0.2, 0.25) is 0 Å². The van der Waals surface area contributed by atoms with Gasteiger partial charge in [-0.1, -0.05) is 30.0 Å². The van der Waals surface area contributed by atoms with Crippen LogP contribution in [0.25, 0.3) is 0 Å². The fourth-order valence-corrected chi connectivity index (χ4v) is 2.97. The third-order valence-electron chi connectivity index (χ3n) is 2.95. The molecule has 18 heavy (non-hydrogen) atoms. The third kappa shape index (κ3) is 3.75. The van der Waals surface area contributed by atoms with E-state index in [0.717, 1.165) is 29.6 Å². The molecule has 0 aliphatic carbocycles. The highest BCUT2D eigenvalue weighted by atomic mass is 32.2. The molecule has 1 aromatic rings. The summed E-state index contributed by atoms with van der Waals surface area (Å²) >= 11 is 1.80. The maximum atomic E-state index is 5.14. The van der Waals surface area contributed by atoms with Gasteiger partial charge in [-0.15, -0.1) is 0 Å². The van der Waals surface area contributed by atoms with Crippen molar-refractivity contribution in [3.8, 4) is 0 Å². The Bertz CT molecular complexity index is 420. The number of anilines is 1. The van der Waals surface area contributed by atoms with Crippen LogP contribution in [0.1, 0.15) is 18.9 Å². The van der Waals surface area contributed by atoms with Crippen molar-refractivity contribution in [1.29, 1.82) is 0 Å². The zero-order valence-electron chi connectivity index (χ0n) is 11.0. The Morgan fingerprint density at radius 3 is 3.06 bits per heavy atom. The van der Waals surface area contributed by atoms with Crippen molar-refractivity contribution in [2.75, 3.05) is 24.8 Å². The van der Waals surface area contributed by atoms with Crippen LogP contribution < -0.4 is 5.32 Å². The first-order chi connectivity index (χ1) is 8.79. The second-order valence-corrected chi connectivity index (χ2v) is 5.53. The Morgan fingerprint density at radius 1 is 1.44 bits per heavy atom. The Balaban J connectivity index is 2.08. The zero-order valence-corrected chi connectivity index (χ0v) is 11.8. The average Bonchev–Trinajstić information content (AvgIpc) is 2.38. The van der Waals surface area contributed by atoms with E-state index in [1.807, 2.05) is 0 Å². The van der Waals surface area contributed by atoms with E-state index in [4.69, 9.17) is 4.74 Å². The highest BCUT2D eigenvalue weighted by Crippen LogP contribution is 2.22. The summed E-state index contributed by atoms with van der Waals surface area (Å²) in [5.41, 5.74) is 2.43. The molecule has 1 aliphatic heterocycles. The quantitative estimate of drug-likeness (QED) is 0.907. The van der Waals surface area contributed by atoms with Crippen LogP contribution in [-0.4, -0.2) is 30.7 Å². The van der Waals surface area contributed by atoms with E-state index < -0.39 is 0 Å². The Labute approximate surface area is 113 Å². The standard InChI is InChI=1S/C14H20N2OS/c1-11-8-10-18-14(15-11)16-13-6-4-3-5-12(13)7-9-17-2/h3-6,11H,7-10H2,1-2H3,(H,15,16). The van der Waals surface area contributed by atoms with Crippen LogP contribution in [0.2, 0.25) is 0 Å². The van der Waals surface area contributed by atoms with Crippen LogP contribution in [0.15, 0.2) is 29.3 Å². The number of nitrogens with one attached hydrogen (secondary N) is 1. The smallest absolute Gasteiger partial charge is 0.161 e. The van der Waals surface area contributed by atoms with Gasteiger partial charge in [-0.2, -0.15) is 0 Å². The summed E-state index contributed by atoms with van der Waals surface area (Å²) in [4.78, 5) is 4.64. The van der Waals surface area contributed by atoms with Crippen LogP contribution in [0.3, 0.4) is 0 Å². The van der Waals surface area contributed by atoms with E-state index in [1.165, 1.54) is 12.0 Å². The number of hydrogen-bond donors (Lipinski definition) is 1. The molecule has 1 unspecified atom stereocenters. The molecule has 1 atom stereocenters. The van der Waals surface area contributed by atoms with Crippen LogP contribution >= 0.6 is 11.8 Å². The van der Waals surface area contributed by atoms with Crippen LogP contribution in [0.5, 0.6) is 0 Å². The molecule has 4 heteroatoms. The first kappa shape index (κ1) is 13.4. The molecule has 0 bridgehead atoms. The van der Waals surface area contributed by atoms with Crippen molar-refractivity contribution in [2.24, 2.45) is 4.99 Å². The molecular weight excluding hydrogens is 244 g/mol. The molecule has 3 nitrogen and oxygen atoms in total. The van der Waals surface area contributed by atoms with Gasteiger partial charge in [-0.25, -0.2) is 0 Å². The second kappa shape index (κ2) is 6.81. The van der Waals surface area contributed by atoms with Crippen molar-refractivity contribution in [3.05, 3.63) is 29.8 Å². The summed E-state index contributed by atoms with van der Waals surface area (Å²) in [5, 5.41) is 4.49. The monoisotopic (exact) mass is 264 g/mol. The fourth-order valence-electron chi connectivity index (χ4n) is 1.88. The number of aliphatic imine (C=N–C) groups is 1. The van der Waals surface area contributed by atoms with E-state index >= 15 is 0 Å². The highest BCUT2D eigenvalue weighted by Gasteiger charge is 2.12. The van der Waals surface area contributed by atoms with Gasteiger partial charge in [0.1, 0.15) is 0 Å². The van der Waals surface area contributed by atoms with Crippen molar-refractivity contribution in [1.82, 2.24) is 0 Å². The summed E-state index contributed by atoms with van der Waals surface area (Å²) in [6, 6.07) is 8.79. The maximum Gasteiger partial charge on any atom is 0.161 e. The van der Waals surface area contributed by atoms with Crippen LogP contribution in [0, 0.1) is 0 Å². The number of hydrogen-bond acceptors (Lipinski definition) is 4. The largest absolute Gasteiger partial charge is 0.384 e. The molecule has 1 N–H and O–H groups in total. The molecular formula is C14H20N2OS. The molecule has 2 rings (SSSR count). The Morgan fingerprint density at radius 2 is 2.28 bits per heavy atom. The summed E-state index contributed by atoms with van der Waals surface area (Å²) in [7, 11) is 1.73. The number of methoxy groups -OCH3 is 1. The van der Waals surface area contributed by atoms with Gasteiger partial charge in [-0.05, 0) is 31.4 Å². The molecule has 1 heterocycles. The first-order valence-corrected chi connectivity index (χ1v) is 7.32. The predicted octanol–water partition coefficient (Wildman–Crippen LogP) is 3.17. The van der Waals surface area contributed by atoms with E-state index in [9.17, 15) is 0 Å². The summed E-state index contributed by atoms with van der Waals surface area (Å²) < 4.78 is 5.14. The molecule has 0 aromatic heterocycles. The van der Waals surface area contributed by atoms with E-state index in [2.05, 4.69) is 41.5 Å². The van der Waals surface area contributed by atoms with E-state index in [0.29, 0.717) is 6.04 Å². The van der Waals surface area contributed by atoms with Gasteiger partial charge < -0.3 is 10.1 Å². The van der Waals surface area contributed by atoms with Crippen molar-refractivity contribution in [3.63, 3.8) is 0 Å². The summed E-state index contributed by atoms with van der Waals surface area (Å²) in [6.07, 6.45) is 2.09. The van der Waals surface area contributed by atoms with Crippen molar-refractivity contribution < 1.29 is 4.74 Å². The topological polar surface area (TPSA) is 33.6 Å². The average molecular weight is 264 g/mol. The SMILES string of the molecule is COCCc1ccccc1NC1=NC(C)CCS1. The first-order valence-electron chi connectivity index (χ1n) is 6.34. The number of amidine groups is 1. The van der Waals surface area contributed by atoms with Crippen LogP contribution in [0.4, 0.5) is 5.69 Å². The minimum atomic E-state index is 0.430. The zero-order chi connectivity index (χ0) is 12.8. The second-order valence-electron chi connectivity index (χ2n) is 4.45. The molecule has 0 radical (unpaired) electrons. The molecule has 0 spiro atoms. The fraction of sp³-hybridized carbons (Fsp3) is 0.500. The van der Waals surface area contributed by atoms with Gasteiger partial charge in [0.05, 0.1) is 12.6 Å². The molecule has 98 valence electrons. The third-order valence-corrected chi connectivity index (χ3v) is 3.87. The lowest BCUT2D eigenvalue weighted by Crippen LogP contribution is -2.18. The Kier molecular flexibility index (Phi) is 5.08. The number of ether oxygens (including phenoxy) is 1. The van der Waals surface area contributed by atoms with Crippen molar-refractivity contribution >= 4 is 22.6 Å². The van der Waals surface area contributed by atoms with E-state index in [1.54, 1.807) is 18.9 Å². The van der Waals surface area contributed by atoms with Gasteiger partial charge in [-0.3, -0.25) is 4.99 Å². The molecule has 1 aliphatic rings. The highest BCUT2D eigenvalue weighted by molar-refractivity contribution is 8.14. The molecule has 1 aromatic carbocycles. The normalized spacial score (nSPS) is 19.4. The predicted molar refractivity (Wildman–Crippen MR) is 79.6 cm³/mol. The van der Waals surface area contributed by atoms with Crippen molar-refractivity contribution in [2.45, 2.75) is 25.8 Å². The van der Waals surface area contributed by atoms with Crippen LogP contribution in [-0.2, 0) is 11.2 Å². The number of rotatable bonds is 4. The minimum absolute atomic E-state index is 0.430. The number of benzene rings is 1. The van der Waals surface area contributed by atoms with Gasteiger partial charge >= 0.3 is 0 Å². The Hall–Kier alpha value is -1.000. The lowest BCUT2D eigenvalue weighted by Gasteiger charge is -2.19. The molecule has 0 fully saturated rings. The van der Waals surface area contributed by atoms with Gasteiger partial charge in [0.15, 0.2) is 5.17 Å². The molecule has 0 amide bonds. The minimum Gasteiger partial charge on any atom is -0.384 e. The summed E-state index contributed by atoms with van der Waals surface area (Å²) in [6.45, 7) is 2.91. The number of thioether (sulfide) groups is 1. The molecule has 0 saturated carbocycles. The lowest BCUT2D eigenvalue weighted by atomic mass is 10.1. The maximum absolute atomic E-state index is 5.14. The van der Waals surface area contributed by atoms with Gasteiger partial charge in [0.25, 0.3) is 0 Å². The number of nitrogens with zero attached hydrogens (tertiary/aromatic N) is 1. The molecule has 0 saturated heterocycles. The lowest BCUT2D eigenvalue weighted by molar-refractivity contribution is 0.202. The van der Waals surface area contributed by atoms with Gasteiger partial charge in [0, 0.05) is 18.6 Å².